The second-order valence-corrected chi connectivity index (χ2v) is 7.11. The molecule has 8 heteroatoms. The largest absolute Gasteiger partial charge is 0.378 e. The van der Waals surface area contributed by atoms with Gasteiger partial charge in [0.05, 0.1) is 19.3 Å². The number of ether oxygens (including phenoxy) is 1. The van der Waals surface area contributed by atoms with Crippen LogP contribution < -0.4 is 11.1 Å². The number of morpholine rings is 1. The lowest BCUT2D eigenvalue weighted by Gasteiger charge is -2.27. The van der Waals surface area contributed by atoms with Gasteiger partial charge in [0.1, 0.15) is 6.54 Å². The number of hydrogen-bond donors (Lipinski definition) is 2. The summed E-state index contributed by atoms with van der Waals surface area (Å²) in [6.07, 6.45) is 2.76. The monoisotopic (exact) mass is 408 g/mol. The summed E-state index contributed by atoms with van der Waals surface area (Å²) in [5.74, 6) is 0.0411. The van der Waals surface area contributed by atoms with Crippen LogP contribution in [0, 0.1) is 5.92 Å². The molecule has 0 saturated carbocycles. The van der Waals surface area contributed by atoms with Crippen molar-refractivity contribution in [2.24, 2.45) is 11.7 Å². The number of nitrogens with zero attached hydrogens (tertiary/aromatic N) is 2. The molecule has 1 aromatic heterocycles. The Morgan fingerprint density at radius 3 is 2.64 bits per heavy atom. The first-order valence-corrected chi connectivity index (χ1v) is 9.50. The van der Waals surface area contributed by atoms with Crippen LogP contribution in [0.5, 0.6) is 0 Å². The van der Waals surface area contributed by atoms with Crippen LogP contribution in [0.1, 0.15) is 20.3 Å². The lowest BCUT2D eigenvalue weighted by molar-refractivity contribution is -0.135. The van der Waals surface area contributed by atoms with E-state index in [0.717, 1.165) is 17.3 Å². The zero-order chi connectivity index (χ0) is 19.4. The first kappa shape index (κ1) is 22.2. The Hall–Kier alpha value is -2.09. The smallest absolute Gasteiger partial charge is 0.242 e. The summed E-state index contributed by atoms with van der Waals surface area (Å²) in [6, 6.07) is 7.10. The molecular weight excluding hydrogens is 380 g/mol. The first-order chi connectivity index (χ1) is 13.0. The van der Waals surface area contributed by atoms with Crippen molar-refractivity contribution in [1.29, 1.82) is 0 Å². The van der Waals surface area contributed by atoms with Crippen molar-refractivity contribution in [2.45, 2.75) is 32.9 Å². The topological polar surface area (TPSA) is 89.6 Å². The molecule has 3 rings (SSSR count). The maximum Gasteiger partial charge on any atom is 0.242 e. The van der Waals surface area contributed by atoms with Gasteiger partial charge in [-0.1, -0.05) is 20.3 Å². The van der Waals surface area contributed by atoms with Crippen molar-refractivity contribution in [1.82, 2.24) is 9.47 Å². The maximum atomic E-state index is 12.5. The Morgan fingerprint density at radius 1 is 1.25 bits per heavy atom. The van der Waals surface area contributed by atoms with Gasteiger partial charge in [0.2, 0.25) is 11.8 Å². The molecule has 2 atom stereocenters. The van der Waals surface area contributed by atoms with Crippen LogP contribution in [-0.4, -0.2) is 53.6 Å². The number of halogens is 1. The minimum atomic E-state index is -0.526. The second-order valence-electron chi connectivity index (χ2n) is 7.11. The van der Waals surface area contributed by atoms with Crippen LogP contribution in [0.3, 0.4) is 0 Å². The average Bonchev–Trinajstić information content (AvgIpc) is 3.09. The fraction of sp³-hybridized carbons (Fsp3) is 0.500. The molecule has 154 valence electrons. The third-order valence-electron chi connectivity index (χ3n) is 5.27. The van der Waals surface area contributed by atoms with Crippen LogP contribution in [0.15, 0.2) is 30.5 Å². The minimum absolute atomic E-state index is 0. The number of carbonyl (C=O) groups is 2. The number of amides is 2. The Morgan fingerprint density at radius 2 is 1.96 bits per heavy atom. The van der Waals surface area contributed by atoms with E-state index in [0.29, 0.717) is 38.5 Å². The number of fused-ring (bicyclic) bond motifs is 1. The molecule has 2 amide bonds. The van der Waals surface area contributed by atoms with E-state index in [4.69, 9.17) is 10.5 Å². The highest BCUT2D eigenvalue weighted by Crippen LogP contribution is 2.21. The predicted molar refractivity (Wildman–Crippen MR) is 113 cm³/mol. The van der Waals surface area contributed by atoms with Crippen molar-refractivity contribution in [3.05, 3.63) is 30.5 Å². The van der Waals surface area contributed by atoms with Crippen molar-refractivity contribution in [3.63, 3.8) is 0 Å². The van der Waals surface area contributed by atoms with Gasteiger partial charge >= 0.3 is 0 Å². The zero-order valence-electron chi connectivity index (χ0n) is 16.4. The van der Waals surface area contributed by atoms with E-state index in [9.17, 15) is 9.59 Å². The van der Waals surface area contributed by atoms with E-state index in [1.54, 1.807) is 0 Å². The molecule has 0 spiro atoms. The van der Waals surface area contributed by atoms with Gasteiger partial charge in [0.15, 0.2) is 0 Å². The second kappa shape index (κ2) is 9.91. The lowest BCUT2D eigenvalue weighted by atomic mass is 9.99. The highest BCUT2D eigenvalue weighted by molar-refractivity contribution is 5.97. The van der Waals surface area contributed by atoms with E-state index in [2.05, 4.69) is 5.32 Å². The van der Waals surface area contributed by atoms with E-state index in [-0.39, 0.29) is 30.1 Å². The standard InChI is InChI=1S/C20H28N4O3.ClH/c1-3-14(2)19(21)20(26)22-16-4-5-17-15(12-16)6-7-24(17)13-18(25)23-8-10-27-11-9-23;/h4-7,12,14,19H,3,8-11,13,21H2,1-2H3,(H,22,26);1H. The van der Waals surface area contributed by atoms with Crippen molar-refractivity contribution < 1.29 is 14.3 Å². The average molecular weight is 409 g/mol. The van der Waals surface area contributed by atoms with Gasteiger partial charge in [-0.05, 0) is 30.2 Å². The van der Waals surface area contributed by atoms with Crippen molar-refractivity contribution >= 4 is 40.8 Å². The summed E-state index contributed by atoms with van der Waals surface area (Å²) in [5.41, 5.74) is 7.67. The fourth-order valence-corrected chi connectivity index (χ4v) is 3.21. The maximum absolute atomic E-state index is 12.5. The third kappa shape index (κ3) is 5.04. The summed E-state index contributed by atoms with van der Waals surface area (Å²) in [6.45, 7) is 6.77. The van der Waals surface area contributed by atoms with Crippen LogP contribution in [0.2, 0.25) is 0 Å². The number of aromatic nitrogens is 1. The van der Waals surface area contributed by atoms with Crippen molar-refractivity contribution in [3.8, 4) is 0 Å². The molecule has 1 aliphatic heterocycles. The van der Waals surface area contributed by atoms with E-state index in [1.165, 1.54) is 0 Å². The van der Waals surface area contributed by atoms with Crippen LogP contribution in [0.25, 0.3) is 10.9 Å². The molecule has 2 aromatic rings. The minimum Gasteiger partial charge on any atom is -0.378 e. The number of rotatable bonds is 6. The van der Waals surface area contributed by atoms with Gasteiger partial charge in [-0.2, -0.15) is 0 Å². The van der Waals surface area contributed by atoms with Crippen molar-refractivity contribution in [2.75, 3.05) is 31.6 Å². The highest BCUT2D eigenvalue weighted by atomic mass is 35.5. The van der Waals surface area contributed by atoms with Gasteiger partial charge in [0.25, 0.3) is 0 Å². The van der Waals surface area contributed by atoms with E-state index in [1.807, 2.05) is 53.8 Å². The summed E-state index contributed by atoms with van der Waals surface area (Å²) in [7, 11) is 0. The van der Waals surface area contributed by atoms with E-state index >= 15 is 0 Å². The molecule has 1 aromatic carbocycles. The summed E-state index contributed by atoms with van der Waals surface area (Å²) < 4.78 is 7.23. The van der Waals surface area contributed by atoms with Crippen LogP contribution in [-0.2, 0) is 20.9 Å². The fourth-order valence-electron chi connectivity index (χ4n) is 3.21. The Kier molecular flexibility index (Phi) is 7.86. The molecule has 1 aliphatic rings. The summed E-state index contributed by atoms with van der Waals surface area (Å²) in [5, 5.41) is 3.86. The highest BCUT2D eigenvalue weighted by Gasteiger charge is 2.20. The Labute approximate surface area is 171 Å². The summed E-state index contributed by atoms with van der Waals surface area (Å²) in [4.78, 5) is 26.6. The molecule has 1 saturated heterocycles. The number of hydrogen-bond acceptors (Lipinski definition) is 4. The quantitative estimate of drug-likeness (QED) is 0.767. The van der Waals surface area contributed by atoms with Gasteiger partial charge in [-0.3, -0.25) is 9.59 Å². The number of carbonyl (C=O) groups excluding carboxylic acids is 2. The molecule has 2 unspecified atom stereocenters. The molecule has 0 bridgehead atoms. The third-order valence-corrected chi connectivity index (χ3v) is 5.27. The van der Waals surface area contributed by atoms with Crippen LogP contribution >= 0.6 is 12.4 Å². The molecule has 3 N–H and O–H groups in total. The molecular formula is C20H29ClN4O3. The number of nitrogens with two attached hydrogens (primary N) is 1. The number of benzene rings is 1. The van der Waals surface area contributed by atoms with Gasteiger partial charge in [0, 0.05) is 35.9 Å². The van der Waals surface area contributed by atoms with Crippen LogP contribution in [0.4, 0.5) is 5.69 Å². The summed E-state index contributed by atoms with van der Waals surface area (Å²) >= 11 is 0. The Bertz CT molecular complexity index is 817. The van der Waals surface area contributed by atoms with Gasteiger partial charge in [-0.25, -0.2) is 0 Å². The molecule has 0 radical (unpaired) electrons. The SMILES string of the molecule is CCC(C)C(N)C(=O)Nc1ccc2c(ccn2CC(=O)N2CCOCC2)c1.Cl. The van der Waals surface area contributed by atoms with Gasteiger partial charge < -0.3 is 25.3 Å². The molecule has 1 fully saturated rings. The molecule has 7 nitrogen and oxygen atoms in total. The first-order valence-electron chi connectivity index (χ1n) is 9.50. The van der Waals surface area contributed by atoms with Gasteiger partial charge in [-0.15, -0.1) is 12.4 Å². The Balaban J connectivity index is 0.00000280. The zero-order valence-corrected chi connectivity index (χ0v) is 17.2. The van der Waals surface area contributed by atoms with E-state index < -0.39 is 6.04 Å². The molecule has 28 heavy (non-hydrogen) atoms. The lowest BCUT2D eigenvalue weighted by Crippen LogP contribution is -2.42. The normalized spacial score (nSPS) is 16.3. The predicted octanol–water partition coefficient (Wildman–Crippen LogP) is 2.23. The number of nitrogens with one attached hydrogen (secondary N) is 1. The molecule has 0 aliphatic carbocycles. The number of anilines is 1. The molecule has 2 heterocycles.